The molecular weight excluding hydrogens is 176 g/mol. The molecule has 1 heterocycles. The highest BCUT2D eigenvalue weighted by atomic mass is 16.4. The van der Waals surface area contributed by atoms with Crippen LogP contribution in [-0.4, -0.2) is 10.2 Å². The molecule has 2 aromatic rings. The quantitative estimate of drug-likeness (QED) is 0.723. The number of nitrogens with zero attached hydrogens (tertiary/aromatic N) is 2. The van der Waals surface area contributed by atoms with E-state index in [1.54, 1.807) is 13.0 Å². The van der Waals surface area contributed by atoms with E-state index >= 15 is 0 Å². The smallest absolute Gasteiger partial charge is 0.240 e. The van der Waals surface area contributed by atoms with Gasteiger partial charge in [-0.05, 0) is 11.6 Å². The second kappa shape index (κ2) is 3.87. The predicted octanol–water partition coefficient (Wildman–Crippen LogP) is 2.55. The van der Waals surface area contributed by atoms with Crippen molar-refractivity contribution < 1.29 is 4.42 Å². The molecule has 70 valence electrons. The molecule has 14 heavy (non-hydrogen) atoms. The van der Waals surface area contributed by atoms with Crippen LogP contribution in [0.3, 0.4) is 0 Å². The van der Waals surface area contributed by atoms with Crippen LogP contribution in [0.15, 0.2) is 34.7 Å². The normalized spacial score (nSPS) is 10.9. The summed E-state index contributed by atoms with van der Waals surface area (Å²) >= 11 is 0. The Bertz CT molecular complexity index is 432. The van der Waals surface area contributed by atoms with E-state index in [-0.39, 0.29) is 0 Å². The van der Waals surface area contributed by atoms with Crippen molar-refractivity contribution in [2.75, 3.05) is 0 Å². The molecule has 0 N–H and O–H groups in total. The minimum Gasteiger partial charge on any atom is -0.422 e. The van der Waals surface area contributed by atoms with Crippen molar-refractivity contribution in [3.63, 3.8) is 0 Å². The van der Waals surface area contributed by atoms with E-state index in [2.05, 4.69) is 10.2 Å². The molecule has 0 fully saturated rings. The van der Waals surface area contributed by atoms with Gasteiger partial charge in [0, 0.05) is 13.0 Å². The van der Waals surface area contributed by atoms with Crippen LogP contribution in [0.2, 0.25) is 0 Å². The van der Waals surface area contributed by atoms with Gasteiger partial charge >= 0.3 is 0 Å². The molecule has 0 aliphatic carbocycles. The number of hydrogen-bond donors (Lipinski definition) is 0. The third kappa shape index (κ3) is 2.07. The number of aromatic nitrogens is 2. The molecule has 0 saturated heterocycles. The van der Waals surface area contributed by atoms with Crippen molar-refractivity contribution in [1.29, 1.82) is 0 Å². The number of benzene rings is 1. The van der Waals surface area contributed by atoms with Crippen LogP contribution in [0.4, 0.5) is 0 Å². The summed E-state index contributed by atoms with van der Waals surface area (Å²) in [6, 6.07) is 9.98. The van der Waals surface area contributed by atoms with Crippen molar-refractivity contribution in [3.05, 3.63) is 47.7 Å². The largest absolute Gasteiger partial charge is 0.422 e. The lowest BCUT2D eigenvalue weighted by atomic mass is 10.2. The molecule has 0 radical (unpaired) electrons. The first-order valence-corrected chi connectivity index (χ1v) is 4.38. The average Bonchev–Trinajstić information content (AvgIpc) is 2.63. The van der Waals surface area contributed by atoms with Gasteiger partial charge in [-0.1, -0.05) is 30.3 Å². The standard InChI is InChI=1S/C11H10N2O/c1-9-12-13-11(14-9)8-7-10-5-3-2-4-6-10/h2-8H,1H3/b8-7+. The molecule has 3 heteroatoms. The van der Waals surface area contributed by atoms with E-state index in [9.17, 15) is 0 Å². The predicted molar refractivity (Wildman–Crippen MR) is 54.4 cm³/mol. The molecule has 1 aromatic carbocycles. The first kappa shape index (κ1) is 8.69. The molecule has 2 rings (SSSR count). The van der Waals surface area contributed by atoms with Gasteiger partial charge in [0.15, 0.2) is 0 Å². The van der Waals surface area contributed by atoms with E-state index < -0.39 is 0 Å². The van der Waals surface area contributed by atoms with Gasteiger partial charge < -0.3 is 4.42 Å². The average molecular weight is 186 g/mol. The van der Waals surface area contributed by atoms with Gasteiger partial charge in [-0.3, -0.25) is 0 Å². The molecule has 0 bridgehead atoms. The molecular formula is C11H10N2O. The lowest BCUT2D eigenvalue weighted by molar-refractivity contribution is 0.510. The Labute approximate surface area is 82.1 Å². The molecule has 0 aliphatic rings. The molecule has 0 aliphatic heterocycles. The fourth-order valence-electron chi connectivity index (χ4n) is 1.11. The molecule has 0 saturated carbocycles. The topological polar surface area (TPSA) is 38.9 Å². The summed E-state index contributed by atoms with van der Waals surface area (Å²) in [6.45, 7) is 1.77. The van der Waals surface area contributed by atoms with E-state index in [1.165, 1.54) is 0 Å². The summed E-state index contributed by atoms with van der Waals surface area (Å²) in [4.78, 5) is 0. The Morgan fingerprint density at radius 1 is 1.07 bits per heavy atom. The third-order valence-corrected chi connectivity index (χ3v) is 1.76. The number of hydrogen-bond acceptors (Lipinski definition) is 3. The van der Waals surface area contributed by atoms with Crippen molar-refractivity contribution in [2.24, 2.45) is 0 Å². The highest BCUT2D eigenvalue weighted by Gasteiger charge is 1.95. The van der Waals surface area contributed by atoms with Crippen molar-refractivity contribution >= 4 is 12.2 Å². The zero-order chi connectivity index (χ0) is 9.80. The van der Waals surface area contributed by atoms with Gasteiger partial charge in [0.25, 0.3) is 0 Å². The summed E-state index contributed by atoms with van der Waals surface area (Å²) < 4.78 is 5.20. The summed E-state index contributed by atoms with van der Waals surface area (Å²) in [5.41, 5.74) is 1.11. The summed E-state index contributed by atoms with van der Waals surface area (Å²) in [6.07, 6.45) is 3.74. The molecule has 3 nitrogen and oxygen atoms in total. The Morgan fingerprint density at radius 2 is 1.86 bits per heavy atom. The molecule has 0 atom stereocenters. The maximum Gasteiger partial charge on any atom is 0.240 e. The van der Waals surface area contributed by atoms with Crippen molar-refractivity contribution in [3.8, 4) is 0 Å². The van der Waals surface area contributed by atoms with Crippen LogP contribution in [0, 0.1) is 6.92 Å². The van der Waals surface area contributed by atoms with Crippen LogP contribution in [0.5, 0.6) is 0 Å². The zero-order valence-corrected chi connectivity index (χ0v) is 7.84. The van der Waals surface area contributed by atoms with Gasteiger partial charge in [-0.15, -0.1) is 10.2 Å². The number of aryl methyl sites for hydroxylation is 1. The van der Waals surface area contributed by atoms with Gasteiger partial charge in [0.2, 0.25) is 11.8 Å². The van der Waals surface area contributed by atoms with Crippen molar-refractivity contribution in [1.82, 2.24) is 10.2 Å². The maximum atomic E-state index is 5.20. The van der Waals surface area contributed by atoms with Crippen LogP contribution >= 0.6 is 0 Å². The molecule has 0 spiro atoms. The lowest BCUT2D eigenvalue weighted by Crippen LogP contribution is -1.72. The maximum absolute atomic E-state index is 5.20. The first-order chi connectivity index (χ1) is 6.84. The molecule has 0 unspecified atom stereocenters. The minimum atomic E-state index is 0.534. The minimum absolute atomic E-state index is 0.534. The lowest BCUT2D eigenvalue weighted by Gasteiger charge is -1.88. The fraction of sp³-hybridized carbons (Fsp3) is 0.0909. The van der Waals surface area contributed by atoms with E-state index in [0.717, 1.165) is 5.56 Å². The van der Waals surface area contributed by atoms with Crippen LogP contribution < -0.4 is 0 Å². The second-order valence-corrected chi connectivity index (χ2v) is 2.90. The van der Waals surface area contributed by atoms with E-state index in [4.69, 9.17) is 4.42 Å². The summed E-state index contributed by atoms with van der Waals surface area (Å²) in [5.74, 6) is 1.11. The van der Waals surface area contributed by atoms with Gasteiger partial charge in [-0.25, -0.2) is 0 Å². The zero-order valence-electron chi connectivity index (χ0n) is 7.84. The molecule has 0 amide bonds. The van der Waals surface area contributed by atoms with Crippen LogP contribution in [0.25, 0.3) is 12.2 Å². The Balaban J connectivity index is 2.15. The first-order valence-electron chi connectivity index (χ1n) is 4.38. The SMILES string of the molecule is Cc1nnc(/C=C/c2ccccc2)o1. The summed E-state index contributed by atoms with van der Waals surface area (Å²) in [7, 11) is 0. The summed E-state index contributed by atoms with van der Waals surface area (Å²) in [5, 5.41) is 7.59. The van der Waals surface area contributed by atoms with E-state index in [0.29, 0.717) is 11.8 Å². The Morgan fingerprint density at radius 3 is 2.50 bits per heavy atom. The Hall–Kier alpha value is -1.90. The highest BCUT2D eigenvalue weighted by Crippen LogP contribution is 2.06. The van der Waals surface area contributed by atoms with Gasteiger partial charge in [0.05, 0.1) is 0 Å². The Kier molecular flexibility index (Phi) is 2.40. The fourth-order valence-corrected chi connectivity index (χ4v) is 1.11. The molecule has 1 aromatic heterocycles. The van der Waals surface area contributed by atoms with E-state index in [1.807, 2.05) is 36.4 Å². The van der Waals surface area contributed by atoms with Crippen LogP contribution in [-0.2, 0) is 0 Å². The second-order valence-electron chi connectivity index (χ2n) is 2.90. The van der Waals surface area contributed by atoms with Crippen molar-refractivity contribution in [2.45, 2.75) is 6.92 Å². The third-order valence-electron chi connectivity index (χ3n) is 1.76. The van der Waals surface area contributed by atoms with Crippen LogP contribution in [0.1, 0.15) is 17.3 Å². The highest BCUT2D eigenvalue weighted by molar-refractivity contribution is 5.65. The number of rotatable bonds is 2. The van der Waals surface area contributed by atoms with Gasteiger partial charge in [-0.2, -0.15) is 0 Å². The monoisotopic (exact) mass is 186 g/mol. The van der Waals surface area contributed by atoms with Gasteiger partial charge in [0.1, 0.15) is 0 Å².